The van der Waals surface area contributed by atoms with Crippen LogP contribution >= 0.6 is 0 Å². The maximum atomic E-state index is 10.4. The Kier molecular flexibility index (Phi) is 5.22. The van der Waals surface area contributed by atoms with E-state index >= 15 is 0 Å². The molecular weight excluding hydrogens is 272 g/mol. The Bertz CT molecular complexity index is 517. The van der Waals surface area contributed by atoms with Crippen molar-refractivity contribution in [3.63, 3.8) is 0 Å². The lowest BCUT2D eigenvalue weighted by molar-refractivity contribution is 0.0202. The smallest absolute Gasteiger partial charge is 0.0820 e. The van der Waals surface area contributed by atoms with E-state index in [0.29, 0.717) is 6.54 Å². The summed E-state index contributed by atoms with van der Waals surface area (Å²) in [7, 11) is 0. The number of hydrogen-bond donors (Lipinski definition) is 2. The molecule has 1 saturated heterocycles. The van der Waals surface area contributed by atoms with E-state index in [2.05, 4.69) is 58.7 Å². The Labute approximate surface area is 132 Å². The van der Waals surface area contributed by atoms with Gasteiger partial charge in [0.2, 0.25) is 0 Å². The standard InChI is InChI=1S/C19H24N2O/c22-19-13-20-12-11-18(19)21(14-16-7-3-1-4-8-16)15-17-9-5-2-6-10-17/h1-10,18-20,22H,11-15H2/t18-,19+/m1/s1. The zero-order valence-electron chi connectivity index (χ0n) is 12.9. The third kappa shape index (κ3) is 3.95. The van der Waals surface area contributed by atoms with Gasteiger partial charge in [-0.15, -0.1) is 0 Å². The van der Waals surface area contributed by atoms with Crippen LogP contribution in [0.2, 0.25) is 0 Å². The van der Waals surface area contributed by atoms with Gasteiger partial charge in [0, 0.05) is 25.7 Å². The first kappa shape index (κ1) is 15.2. The minimum atomic E-state index is -0.304. The van der Waals surface area contributed by atoms with Crippen LogP contribution in [0, 0.1) is 0 Å². The lowest BCUT2D eigenvalue weighted by Gasteiger charge is -2.38. The van der Waals surface area contributed by atoms with Crippen molar-refractivity contribution in [1.29, 1.82) is 0 Å². The molecule has 0 bridgehead atoms. The molecular formula is C19H24N2O. The van der Waals surface area contributed by atoms with Crippen molar-refractivity contribution in [3.05, 3.63) is 71.8 Å². The van der Waals surface area contributed by atoms with Crippen LogP contribution in [0.15, 0.2) is 60.7 Å². The lowest BCUT2D eigenvalue weighted by atomic mass is 10.00. The van der Waals surface area contributed by atoms with Gasteiger partial charge in [-0.05, 0) is 24.1 Å². The Morgan fingerprint density at radius 3 is 1.95 bits per heavy atom. The fourth-order valence-electron chi connectivity index (χ4n) is 3.18. The van der Waals surface area contributed by atoms with E-state index in [-0.39, 0.29) is 12.1 Å². The van der Waals surface area contributed by atoms with Gasteiger partial charge in [0.15, 0.2) is 0 Å². The van der Waals surface area contributed by atoms with Crippen LogP contribution < -0.4 is 5.32 Å². The third-order valence-electron chi connectivity index (χ3n) is 4.34. The van der Waals surface area contributed by atoms with E-state index in [9.17, 15) is 5.11 Å². The molecule has 0 aromatic heterocycles. The molecule has 1 aliphatic heterocycles. The largest absolute Gasteiger partial charge is 0.390 e. The van der Waals surface area contributed by atoms with Crippen LogP contribution in [0.25, 0.3) is 0 Å². The molecule has 1 fully saturated rings. The number of aliphatic hydroxyl groups is 1. The van der Waals surface area contributed by atoms with Crippen LogP contribution in [0.1, 0.15) is 17.5 Å². The maximum absolute atomic E-state index is 10.4. The van der Waals surface area contributed by atoms with Crippen molar-refractivity contribution in [2.75, 3.05) is 13.1 Å². The number of nitrogens with one attached hydrogen (secondary N) is 1. The van der Waals surface area contributed by atoms with Crippen molar-refractivity contribution in [1.82, 2.24) is 10.2 Å². The Balaban J connectivity index is 1.78. The minimum absolute atomic E-state index is 0.210. The lowest BCUT2D eigenvalue weighted by Crippen LogP contribution is -2.52. The molecule has 0 unspecified atom stereocenters. The highest BCUT2D eigenvalue weighted by atomic mass is 16.3. The van der Waals surface area contributed by atoms with E-state index in [1.807, 2.05) is 12.1 Å². The Hall–Kier alpha value is -1.68. The van der Waals surface area contributed by atoms with E-state index in [0.717, 1.165) is 26.1 Å². The van der Waals surface area contributed by atoms with E-state index in [1.54, 1.807) is 0 Å². The molecule has 3 nitrogen and oxygen atoms in total. The second kappa shape index (κ2) is 7.54. The Morgan fingerprint density at radius 1 is 0.909 bits per heavy atom. The first-order chi connectivity index (χ1) is 10.8. The molecule has 116 valence electrons. The predicted octanol–water partition coefficient (Wildman–Crippen LogP) is 2.41. The second-order valence-corrected chi connectivity index (χ2v) is 6.00. The summed E-state index contributed by atoms with van der Waals surface area (Å²) in [6, 6.07) is 21.2. The second-order valence-electron chi connectivity index (χ2n) is 6.00. The molecule has 3 heteroatoms. The number of aliphatic hydroxyl groups excluding tert-OH is 1. The van der Waals surface area contributed by atoms with Crippen LogP contribution in [0.4, 0.5) is 0 Å². The Morgan fingerprint density at radius 2 is 1.45 bits per heavy atom. The minimum Gasteiger partial charge on any atom is -0.390 e. The van der Waals surface area contributed by atoms with Crippen molar-refractivity contribution in [2.45, 2.75) is 31.7 Å². The van der Waals surface area contributed by atoms with Gasteiger partial charge in [-0.25, -0.2) is 0 Å². The van der Waals surface area contributed by atoms with Gasteiger partial charge in [0.05, 0.1) is 6.10 Å². The third-order valence-corrected chi connectivity index (χ3v) is 4.34. The van der Waals surface area contributed by atoms with E-state index in [4.69, 9.17) is 0 Å². The molecule has 2 aromatic rings. The molecule has 0 radical (unpaired) electrons. The molecule has 2 N–H and O–H groups in total. The van der Waals surface area contributed by atoms with Crippen LogP contribution in [0.3, 0.4) is 0 Å². The van der Waals surface area contributed by atoms with Crippen molar-refractivity contribution < 1.29 is 5.11 Å². The summed E-state index contributed by atoms with van der Waals surface area (Å²) in [5.74, 6) is 0. The van der Waals surface area contributed by atoms with Gasteiger partial charge in [-0.1, -0.05) is 60.7 Å². The highest BCUT2D eigenvalue weighted by Gasteiger charge is 2.28. The summed E-state index contributed by atoms with van der Waals surface area (Å²) < 4.78 is 0. The van der Waals surface area contributed by atoms with Crippen molar-refractivity contribution in [3.8, 4) is 0 Å². The SMILES string of the molecule is O[C@H]1CNCC[C@H]1N(Cc1ccccc1)Cc1ccccc1. The van der Waals surface area contributed by atoms with E-state index in [1.165, 1.54) is 11.1 Å². The molecule has 1 aliphatic rings. The van der Waals surface area contributed by atoms with Crippen LogP contribution in [-0.2, 0) is 13.1 Å². The fourth-order valence-corrected chi connectivity index (χ4v) is 3.18. The summed E-state index contributed by atoms with van der Waals surface area (Å²) in [6.07, 6.45) is 0.682. The van der Waals surface area contributed by atoms with Gasteiger partial charge in [-0.3, -0.25) is 4.90 Å². The first-order valence-corrected chi connectivity index (χ1v) is 8.03. The average molecular weight is 296 g/mol. The molecule has 0 aliphatic carbocycles. The number of piperidine rings is 1. The monoisotopic (exact) mass is 296 g/mol. The average Bonchev–Trinajstić information content (AvgIpc) is 2.57. The van der Waals surface area contributed by atoms with Gasteiger partial charge < -0.3 is 10.4 Å². The number of β-amino-alcohol motifs (C(OH)–C–C–N with tert-alkyl or cyclic N) is 1. The molecule has 0 spiro atoms. The highest BCUT2D eigenvalue weighted by molar-refractivity contribution is 5.17. The number of benzene rings is 2. The predicted molar refractivity (Wildman–Crippen MR) is 89.4 cm³/mol. The van der Waals surface area contributed by atoms with Crippen LogP contribution in [-0.4, -0.2) is 35.2 Å². The summed E-state index contributed by atoms with van der Waals surface area (Å²) in [6.45, 7) is 3.40. The quantitative estimate of drug-likeness (QED) is 0.889. The zero-order valence-corrected chi connectivity index (χ0v) is 12.9. The first-order valence-electron chi connectivity index (χ1n) is 8.03. The molecule has 1 heterocycles. The molecule has 22 heavy (non-hydrogen) atoms. The molecule has 2 aromatic carbocycles. The number of nitrogens with zero attached hydrogens (tertiary/aromatic N) is 1. The summed E-state index contributed by atoms with van der Waals surface area (Å²) in [5, 5.41) is 13.7. The maximum Gasteiger partial charge on any atom is 0.0820 e. The summed E-state index contributed by atoms with van der Waals surface area (Å²) in [5.41, 5.74) is 2.59. The molecule has 0 amide bonds. The summed E-state index contributed by atoms with van der Waals surface area (Å²) in [4.78, 5) is 2.41. The molecule has 3 rings (SSSR count). The van der Waals surface area contributed by atoms with Gasteiger partial charge in [0.25, 0.3) is 0 Å². The van der Waals surface area contributed by atoms with Gasteiger partial charge in [-0.2, -0.15) is 0 Å². The van der Waals surface area contributed by atoms with Crippen LogP contribution in [0.5, 0.6) is 0 Å². The van der Waals surface area contributed by atoms with Gasteiger partial charge in [0.1, 0.15) is 0 Å². The fraction of sp³-hybridized carbons (Fsp3) is 0.368. The number of rotatable bonds is 5. The molecule has 0 saturated carbocycles. The topological polar surface area (TPSA) is 35.5 Å². The van der Waals surface area contributed by atoms with Crippen molar-refractivity contribution in [2.24, 2.45) is 0 Å². The highest BCUT2D eigenvalue weighted by Crippen LogP contribution is 2.19. The number of hydrogen-bond acceptors (Lipinski definition) is 3. The van der Waals surface area contributed by atoms with Crippen molar-refractivity contribution >= 4 is 0 Å². The normalized spacial score (nSPS) is 21.9. The van der Waals surface area contributed by atoms with Gasteiger partial charge >= 0.3 is 0 Å². The zero-order chi connectivity index (χ0) is 15.2. The summed E-state index contributed by atoms with van der Waals surface area (Å²) >= 11 is 0. The molecule has 2 atom stereocenters. The van der Waals surface area contributed by atoms with E-state index < -0.39 is 0 Å².